The average Bonchev–Trinajstić information content (AvgIpc) is 1.44. The van der Waals surface area contributed by atoms with Crippen LogP contribution in [0.3, 0.4) is 0 Å². The Morgan fingerprint density at radius 1 is 0.636 bits per heavy atom. The number of aromatic nitrogens is 1. The first-order chi connectivity index (χ1) is 46.6. The number of fused-ring (bicyclic) bond motifs is 4. The Bertz CT molecular complexity index is 3610. The summed E-state index contributed by atoms with van der Waals surface area (Å²) < 4.78 is 18.8. The van der Waals surface area contributed by atoms with Gasteiger partial charge in [-0.25, -0.2) is 14.6 Å². The fourth-order valence-electron chi connectivity index (χ4n) is 13.6. The molecule has 0 spiro atoms. The minimum absolute atomic E-state index is 0.0223. The van der Waals surface area contributed by atoms with Crippen LogP contribution in [0, 0.1) is 37.5 Å². The number of ether oxygens (including phenoxy) is 2. The van der Waals surface area contributed by atoms with Gasteiger partial charge in [0, 0.05) is 59.9 Å². The normalized spacial score (nSPS) is 25.5. The number of hydrogen-bond donors (Lipinski definition) is 5. The average molecular weight is 1380 g/mol. The Hall–Kier alpha value is -8.76. The van der Waals surface area contributed by atoms with Crippen LogP contribution in [0.25, 0.3) is 22.6 Å². The summed E-state index contributed by atoms with van der Waals surface area (Å²) in [5.74, 6) is -11.9. The van der Waals surface area contributed by atoms with Gasteiger partial charge in [0.05, 0.1) is 29.9 Å². The summed E-state index contributed by atoms with van der Waals surface area (Å²) in [6.07, 6.45) is -0.889. The van der Waals surface area contributed by atoms with Gasteiger partial charge in [0.2, 0.25) is 52.7 Å². The van der Waals surface area contributed by atoms with E-state index < -0.39 is 179 Å². The zero-order chi connectivity index (χ0) is 73.5. The minimum Gasteiger partial charge on any atom is -0.458 e. The molecule has 5 heterocycles. The van der Waals surface area contributed by atoms with Crippen LogP contribution in [0.2, 0.25) is 0 Å². The Kier molecular flexibility index (Phi) is 25.8. The van der Waals surface area contributed by atoms with E-state index in [0.29, 0.717) is 50.9 Å². The van der Waals surface area contributed by atoms with Crippen LogP contribution in [0.4, 0.5) is 5.69 Å². The predicted octanol–water partition coefficient (Wildman–Crippen LogP) is 2.68. The summed E-state index contributed by atoms with van der Waals surface area (Å²) in [5, 5.41) is 14.3. The Morgan fingerprint density at radius 3 is 1.51 bits per heavy atom. The van der Waals surface area contributed by atoms with Crippen molar-refractivity contribution in [1.82, 2.24) is 60.6 Å². The van der Waals surface area contributed by atoms with E-state index in [2.05, 4.69) is 31.5 Å². The van der Waals surface area contributed by atoms with Crippen LogP contribution in [0.1, 0.15) is 153 Å². The molecule has 10 amide bonds. The molecule has 1 aromatic carbocycles. The quantitative estimate of drug-likeness (QED) is 0.102. The first-order valence-corrected chi connectivity index (χ1v) is 34.8. The molecule has 5 N–H and O–H groups in total. The summed E-state index contributed by atoms with van der Waals surface area (Å²) in [4.78, 5) is 206. The summed E-state index contributed by atoms with van der Waals surface area (Å²) in [5.41, 5.74) is -1.92. The van der Waals surface area contributed by atoms with Gasteiger partial charge in [-0.05, 0) is 102 Å². The molecule has 5 aliphatic heterocycles. The molecule has 6 aliphatic rings. The van der Waals surface area contributed by atoms with Gasteiger partial charge in [-0.1, -0.05) is 88.1 Å². The van der Waals surface area contributed by atoms with Gasteiger partial charge >= 0.3 is 11.9 Å². The van der Waals surface area contributed by atoms with E-state index in [9.17, 15) is 38.4 Å². The summed E-state index contributed by atoms with van der Waals surface area (Å²) in [6.45, 7) is 24.8. The van der Waals surface area contributed by atoms with Gasteiger partial charge in [-0.2, -0.15) is 0 Å². The van der Waals surface area contributed by atoms with Crippen molar-refractivity contribution in [1.29, 1.82) is 0 Å². The number of likely N-dealkylation sites (N-methyl/N-ethyl adjacent to an activating group) is 5. The molecule has 0 saturated carbocycles. The topological polar surface area (TPSA) is 349 Å². The van der Waals surface area contributed by atoms with Crippen LogP contribution >= 0.6 is 0 Å². The smallest absolute Gasteiger partial charge is 0.329 e. The van der Waals surface area contributed by atoms with Gasteiger partial charge in [-0.3, -0.25) is 52.7 Å². The highest BCUT2D eigenvalue weighted by Gasteiger charge is 2.47. The van der Waals surface area contributed by atoms with Crippen molar-refractivity contribution >= 4 is 87.8 Å². The number of nitrogens with one attached hydrogen (secondary N) is 5. The molecule has 0 aromatic heterocycles. The van der Waals surface area contributed by atoms with Gasteiger partial charge in [0.15, 0.2) is 11.3 Å². The third-order valence-corrected chi connectivity index (χ3v) is 20.2. The van der Waals surface area contributed by atoms with Crippen LogP contribution in [0.5, 0.6) is 0 Å². The van der Waals surface area contributed by atoms with E-state index in [1.165, 1.54) is 80.7 Å². The van der Waals surface area contributed by atoms with E-state index in [0.717, 1.165) is 9.80 Å². The number of anilines is 1. The highest BCUT2D eigenvalue weighted by Crippen LogP contribution is 2.36. The van der Waals surface area contributed by atoms with Crippen molar-refractivity contribution in [2.45, 2.75) is 196 Å². The third kappa shape index (κ3) is 16.6. The molecule has 29 heteroatoms. The SMILES string of the molecule is CCC(C)C1NC(=O)C(NC(=O)c2c3nc4c(C(=O)NC5C(=O)NC(C(C)CC)C(=O)N6CCCC6C(=O)N(C)CC(=O)N(C)C(C(C)C)C(=O)OC5C)ccc(C)c4oc-3c(C)c(=O)c2NCCN(CC)CC)C(C)OC(=O)C(C(C)C)N(C)C(=O)CN(C)C(=O)C2CCCN2C1=O. The lowest BCUT2D eigenvalue weighted by atomic mass is 9.96. The fourth-order valence-corrected chi connectivity index (χ4v) is 13.6. The van der Waals surface area contributed by atoms with Crippen molar-refractivity contribution in [2.75, 3.05) is 85.9 Å². The van der Waals surface area contributed by atoms with Gasteiger partial charge in [0.1, 0.15) is 71.8 Å². The lowest BCUT2D eigenvalue weighted by Gasteiger charge is -2.36. The molecule has 29 nitrogen and oxygen atoms in total. The van der Waals surface area contributed by atoms with Crippen LogP contribution in [-0.2, 0) is 57.4 Å². The number of hydrogen-bond acceptors (Lipinski definition) is 19. The van der Waals surface area contributed by atoms with Crippen LogP contribution in [0.15, 0.2) is 21.3 Å². The van der Waals surface area contributed by atoms with Gasteiger partial charge in [0.25, 0.3) is 11.8 Å². The number of nitrogens with zero attached hydrogens (tertiary/aromatic N) is 8. The van der Waals surface area contributed by atoms with Crippen LogP contribution < -0.4 is 32.0 Å². The Labute approximate surface area is 579 Å². The minimum atomic E-state index is -1.87. The molecular weight excluding hydrogens is 1280 g/mol. The summed E-state index contributed by atoms with van der Waals surface area (Å²) in [7, 11) is 5.66. The number of benzene rings is 2. The Morgan fingerprint density at radius 2 is 1.08 bits per heavy atom. The molecule has 12 unspecified atom stereocenters. The maximum Gasteiger partial charge on any atom is 0.329 e. The molecule has 0 radical (unpaired) electrons. The number of amides is 10. The van der Waals surface area contributed by atoms with Gasteiger partial charge in [-0.15, -0.1) is 0 Å². The molecule has 0 bridgehead atoms. The molecule has 1 aliphatic carbocycles. The highest BCUT2D eigenvalue weighted by molar-refractivity contribution is 6.11. The van der Waals surface area contributed by atoms with Crippen molar-refractivity contribution < 1.29 is 71.4 Å². The van der Waals surface area contributed by atoms with Crippen molar-refractivity contribution in [2.24, 2.45) is 23.7 Å². The molecule has 4 fully saturated rings. The third-order valence-electron chi connectivity index (χ3n) is 20.2. The second-order valence-corrected chi connectivity index (χ2v) is 27.7. The standard InChI is InChI=1S/C70H103N13O16/c1-19-37(9)49-67(93)82-30-23-25-44(82)65(91)77(15)33-46(84)79(17)56(35(5)6)69(95)97-41(13)51(63(89)73-49)75-61(87)43-28-27-39(11)59-53(43)72-55-48(54(58(86)40(12)60(55)99-59)71-29-32-81(21-3)22-4)62(88)76-52-42(14)98-70(96)57(36(7)8)80(18)47(85)34-78(16)66(92)45-26-24-31-83(45)68(94)50(38(10)20-2)74-64(52)90/h27-28,35-38,41-42,44-45,49-52,56-57,71H,19-26,29-34H2,1-18H3,(H,73,89)(H,74,90)(H,75,87)(H,76,88). The van der Waals surface area contributed by atoms with E-state index in [1.54, 1.807) is 48.5 Å². The number of aryl methyl sites for hydroxylation is 1. The van der Waals surface area contributed by atoms with E-state index in [1.807, 2.05) is 27.7 Å². The second-order valence-electron chi connectivity index (χ2n) is 27.7. The molecule has 544 valence electrons. The summed E-state index contributed by atoms with van der Waals surface area (Å²) >= 11 is 0. The number of rotatable bonds is 16. The maximum absolute atomic E-state index is 15.9. The van der Waals surface area contributed by atoms with E-state index >= 15 is 24.0 Å². The number of carbonyl (C=O) groups is 12. The molecule has 12 atom stereocenters. The number of cyclic esters (lactones) is 2. The predicted molar refractivity (Wildman–Crippen MR) is 367 cm³/mol. The Balaban J connectivity index is 1.40. The first kappa shape index (κ1) is 77.6. The largest absolute Gasteiger partial charge is 0.458 e. The monoisotopic (exact) mass is 1380 g/mol. The first-order valence-electron chi connectivity index (χ1n) is 34.8. The zero-order valence-corrected chi connectivity index (χ0v) is 60.7. The molecule has 7 rings (SSSR count). The lowest BCUT2D eigenvalue weighted by Crippen LogP contribution is -2.61. The second kappa shape index (κ2) is 32.9. The number of carbonyl (C=O) groups excluding carboxylic acids is 12. The molecular formula is C70H103N13O16. The van der Waals surface area contributed by atoms with Crippen molar-refractivity contribution in [3.05, 3.63) is 44.6 Å². The lowest BCUT2D eigenvalue weighted by molar-refractivity contribution is -0.163. The van der Waals surface area contributed by atoms with Crippen molar-refractivity contribution in [3.8, 4) is 11.5 Å². The summed E-state index contributed by atoms with van der Waals surface area (Å²) in [6, 6.07) is -7.77. The highest BCUT2D eigenvalue weighted by atomic mass is 16.6. The zero-order valence-electron chi connectivity index (χ0n) is 60.7. The van der Waals surface area contributed by atoms with Gasteiger partial charge < -0.3 is 74.8 Å². The molecule has 4 saturated heterocycles. The van der Waals surface area contributed by atoms with E-state index in [4.69, 9.17) is 18.9 Å². The molecule has 99 heavy (non-hydrogen) atoms. The molecule has 1 aromatic rings. The van der Waals surface area contributed by atoms with Crippen molar-refractivity contribution in [3.63, 3.8) is 0 Å². The maximum atomic E-state index is 15.9. The fraction of sp³-hybridized carbons (Fsp3) is 0.657. The number of esters is 2. The van der Waals surface area contributed by atoms with E-state index in [-0.39, 0.29) is 71.8 Å². The van der Waals surface area contributed by atoms with Crippen LogP contribution in [-0.4, -0.2) is 251 Å².